The first kappa shape index (κ1) is 12.4. The van der Waals surface area contributed by atoms with Crippen molar-refractivity contribution in [2.75, 3.05) is 0 Å². The molecule has 0 amide bonds. The number of phenolic OH excluding ortho intramolecular Hbond substituents is 3. The lowest BCUT2D eigenvalue weighted by molar-refractivity contribution is 0.0975. The van der Waals surface area contributed by atoms with E-state index in [4.69, 9.17) is 0 Å². The molecule has 0 bridgehead atoms. The molecule has 0 radical (unpaired) electrons. The van der Waals surface area contributed by atoms with Crippen molar-refractivity contribution < 1.29 is 20.1 Å². The summed E-state index contributed by atoms with van der Waals surface area (Å²) in [6.45, 7) is 2.03. The number of unbranched alkanes of at least 4 members (excludes halogenated alkanes) is 2. The molecule has 0 aliphatic heterocycles. The standard InChI is InChI=1S/C12H16O4/c1-2-3-4-5-10(14)9-6-8(13)7-11(15)12(9)16/h6-7,13,15-16H,2-5H2,1H3. The van der Waals surface area contributed by atoms with Crippen LogP contribution >= 0.6 is 0 Å². The van der Waals surface area contributed by atoms with E-state index in [-0.39, 0.29) is 17.1 Å². The van der Waals surface area contributed by atoms with Crippen LogP contribution in [-0.4, -0.2) is 21.1 Å². The van der Waals surface area contributed by atoms with E-state index in [0.29, 0.717) is 6.42 Å². The second kappa shape index (κ2) is 5.39. The van der Waals surface area contributed by atoms with Crippen LogP contribution in [0.4, 0.5) is 0 Å². The largest absolute Gasteiger partial charge is 0.508 e. The lowest BCUT2D eigenvalue weighted by Crippen LogP contribution is -1.99. The Labute approximate surface area is 94.2 Å². The number of rotatable bonds is 5. The average molecular weight is 224 g/mol. The van der Waals surface area contributed by atoms with Crippen LogP contribution < -0.4 is 0 Å². The molecule has 0 atom stereocenters. The molecular formula is C12H16O4. The zero-order chi connectivity index (χ0) is 12.1. The summed E-state index contributed by atoms with van der Waals surface area (Å²) < 4.78 is 0. The van der Waals surface area contributed by atoms with Crippen molar-refractivity contribution in [1.29, 1.82) is 0 Å². The highest BCUT2D eigenvalue weighted by molar-refractivity contribution is 5.99. The number of carbonyl (C=O) groups is 1. The molecule has 3 N–H and O–H groups in total. The number of hydrogen-bond donors (Lipinski definition) is 3. The van der Waals surface area contributed by atoms with Crippen LogP contribution in [0, 0.1) is 0 Å². The maximum Gasteiger partial charge on any atom is 0.168 e. The third-order valence-corrected chi connectivity index (χ3v) is 2.38. The summed E-state index contributed by atoms with van der Waals surface area (Å²) in [7, 11) is 0. The number of phenols is 3. The molecule has 4 nitrogen and oxygen atoms in total. The number of hydrogen-bond acceptors (Lipinski definition) is 4. The predicted molar refractivity (Wildman–Crippen MR) is 59.9 cm³/mol. The number of benzene rings is 1. The van der Waals surface area contributed by atoms with Crippen LogP contribution in [-0.2, 0) is 0 Å². The minimum absolute atomic E-state index is 0.0198. The Kier molecular flexibility index (Phi) is 4.17. The van der Waals surface area contributed by atoms with E-state index in [1.54, 1.807) is 0 Å². The quantitative estimate of drug-likeness (QED) is 0.311. The molecule has 0 spiro atoms. The van der Waals surface area contributed by atoms with E-state index < -0.39 is 11.5 Å². The van der Waals surface area contributed by atoms with E-state index >= 15 is 0 Å². The fourth-order valence-corrected chi connectivity index (χ4v) is 1.49. The lowest BCUT2D eigenvalue weighted by Gasteiger charge is -2.06. The molecule has 16 heavy (non-hydrogen) atoms. The maximum atomic E-state index is 11.7. The molecule has 0 unspecified atom stereocenters. The van der Waals surface area contributed by atoms with E-state index in [9.17, 15) is 20.1 Å². The van der Waals surface area contributed by atoms with Crippen molar-refractivity contribution in [2.45, 2.75) is 32.6 Å². The maximum absolute atomic E-state index is 11.7. The molecule has 0 heterocycles. The van der Waals surface area contributed by atoms with Gasteiger partial charge in [0.05, 0.1) is 5.56 Å². The third kappa shape index (κ3) is 2.89. The van der Waals surface area contributed by atoms with Crippen LogP contribution in [0.5, 0.6) is 17.2 Å². The van der Waals surface area contributed by atoms with Crippen molar-refractivity contribution in [3.8, 4) is 17.2 Å². The van der Waals surface area contributed by atoms with Gasteiger partial charge in [-0.1, -0.05) is 19.8 Å². The Morgan fingerprint density at radius 2 is 1.88 bits per heavy atom. The molecule has 1 rings (SSSR count). The number of Topliss-reactive ketones (excluding diaryl/α,β-unsaturated/α-hetero) is 1. The van der Waals surface area contributed by atoms with Crippen LogP contribution in [0.15, 0.2) is 12.1 Å². The fourth-order valence-electron chi connectivity index (χ4n) is 1.49. The Bertz CT molecular complexity index is 385. The number of aromatic hydroxyl groups is 3. The summed E-state index contributed by atoms with van der Waals surface area (Å²) in [5.74, 6) is -1.43. The summed E-state index contributed by atoms with van der Waals surface area (Å²) in [6, 6.07) is 2.17. The Hall–Kier alpha value is -1.71. The first-order chi connectivity index (χ1) is 7.56. The van der Waals surface area contributed by atoms with Crippen molar-refractivity contribution in [1.82, 2.24) is 0 Å². The van der Waals surface area contributed by atoms with Gasteiger partial charge in [0.25, 0.3) is 0 Å². The lowest BCUT2D eigenvalue weighted by atomic mass is 10.0. The van der Waals surface area contributed by atoms with E-state index in [1.165, 1.54) is 6.07 Å². The van der Waals surface area contributed by atoms with Gasteiger partial charge in [0.1, 0.15) is 5.75 Å². The first-order valence-corrected chi connectivity index (χ1v) is 5.34. The van der Waals surface area contributed by atoms with Crippen LogP contribution in [0.25, 0.3) is 0 Å². The SMILES string of the molecule is CCCCCC(=O)c1cc(O)cc(O)c1O. The van der Waals surface area contributed by atoms with Gasteiger partial charge < -0.3 is 15.3 Å². The summed E-state index contributed by atoms with van der Waals surface area (Å²) in [5.41, 5.74) is -0.0198. The van der Waals surface area contributed by atoms with Gasteiger partial charge in [-0.25, -0.2) is 0 Å². The monoisotopic (exact) mass is 224 g/mol. The summed E-state index contributed by atoms with van der Waals surface area (Å²) in [6.07, 6.45) is 3.00. The van der Waals surface area contributed by atoms with E-state index in [2.05, 4.69) is 0 Å². The number of carbonyl (C=O) groups excluding carboxylic acids is 1. The van der Waals surface area contributed by atoms with Gasteiger partial charge in [-0.05, 0) is 12.5 Å². The predicted octanol–water partition coefficient (Wildman–Crippen LogP) is 2.57. The highest BCUT2D eigenvalue weighted by Crippen LogP contribution is 2.34. The highest BCUT2D eigenvalue weighted by Gasteiger charge is 2.15. The van der Waals surface area contributed by atoms with Gasteiger partial charge in [0.2, 0.25) is 0 Å². The first-order valence-electron chi connectivity index (χ1n) is 5.34. The van der Waals surface area contributed by atoms with Gasteiger partial charge in [-0.15, -0.1) is 0 Å². The molecule has 0 saturated carbocycles. The molecule has 0 aliphatic rings. The van der Waals surface area contributed by atoms with Crippen molar-refractivity contribution in [3.05, 3.63) is 17.7 Å². The van der Waals surface area contributed by atoms with Gasteiger partial charge >= 0.3 is 0 Å². The molecule has 0 aromatic heterocycles. The average Bonchev–Trinajstić information content (AvgIpc) is 2.23. The van der Waals surface area contributed by atoms with Gasteiger partial charge in [-0.2, -0.15) is 0 Å². The zero-order valence-corrected chi connectivity index (χ0v) is 9.23. The van der Waals surface area contributed by atoms with Crippen LogP contribution in [0.2, 0.25) is 0 Å². The molecular weight excluding hydrogens is 208 g/mol. The molecule has 0 saturated heterocycles. The molecule has 1 aromatic carbocycles. The Morgan fingerprint density at radius 3 is 2.50 bits per heavy atom. The second-order valence-corrected chi connectivity index (χ2v) is 3.74. The second-order valence-electron chi connectivity index (χ2n) is 3.74. The zero-order valence-electron chi connectivity index (χ0n) is 9.23. The Balaban J connectivity index is 2.82. The van der Waals surface area contributed by atoms with Crippen molar-refractivity contribution in [3.63, 3.8) is 0 Å². The van der Waals surface area contributed by atoms with Gasteiger partial charge in [-0.3, -0.25) is 4.79 Å². The molecule has 0 aliphatic carbocycles. The van der Waals surface area contributed by atoms with Crippen LogP contribution in [0.1, 0.15) is 43.0 Å². The topological polar surface area (TPSA) is 77.8 Å². The third-order valence-electron chi connectivity index (χ3n) is 2.38. The van der Waals surface area contributed by atoms with Gasteiger partial charge in [0, 0.05) is 12.5 Å². The van der Waals surface area contributed by atoms with E-state index in [1.807, 2.05) is 6.92 Å². The molecule has 4 heteroatoms. The minimum atomic E-state index is -0.473. The minimum Gasteiger partial charge on any atom is -0.508 e. The fraction of sp³-hybridized carbons (Fsp3) is 0.417. The van der Waals surface area contributed by atoms with E-state index in [0.717, 1.165) is 25.3 Å². The number of ketones is 1. The van der Waals surface area contributed by atoms with Crippen molar-refractivity contribution in [2.24, 2.45) is 0 Å². The summed E-state index contributed by atoms with van der Waals surface area (Å²) in [5, 5.41) is 27.9. The van der Waals surface area contributed by atoms with Crippen molar-refractivity contribution >= 4 is 5.78 Å². The normalized spacial score (nSPS) is 10.3. The van der Waals surface area contributed by atoms with Gasteiger partial charge in [0.15, 0.2) is 17.3 Å². The molecule has 0 fully saturated rings. The summed E-state index contributed by atoms with van der Waals surface area (Å²) in [4.78, 5) is 11.7. The highest BCUT2D eigenvalue weighted by atomic mass is 16.3. The Morgan fingerprint density at radius 1 is 1.19 bits per heavy atom. The molecule has 88 valence electrons. The van der Waals surface area contributed by atoms with Crippen LogP contribution in [0.3, 0.4) is 0 Å². The smallest absolute Gasteiger partial charge is 0.168 e. The summed E-state index contributed by atoms with van der Waals surface area (Å²) >= 11 is 0. The molecule has 1 aromatic rings.